The Labute approximate surface area is 303 Å². The van der Waals surface area contributed by atoms with Crippen LogP contribution in [0.4, 0.5) is 4.79 Å². The number of halogens is 2. The molecule has 3 saturated heterocycles. The molecule has 0 spiro atoms. The van der Waals surface area contributed by atoms with Gasteiger partial charge in [-0.05, 0) is 55.7 Å². The van der Waals surface area contributed by atoms with E-state index in [2.05, 4.69) is 10.2 Å². The van der Waals surface area contributed by atoms with Crippen molar-refractivity contribution < 1.29 is 23.9 Å². The molecule has 264 valence electrons. The number of hydrogen-bond acceptors (Lipinski definition) is 6. The fraction of sp³-hybridized carbons (Fsp3) is 0.421. The van der Waals surface area contributed by atoms with E-state index in [1.54, 1.807) is 12.1 Å². The van der Waals surface area contributed by atoms with Crippen LogP contribution in [0, 0.1) is 13.8 Å². The number of nitrogens with one attached hydrogen (secondary N) is 1. The van der Waals surface area contributed by atoms with Gasteiger partial charge in [-0.25, -0.2) is 4.79 Å². The number of hydrogen-bond donors (Lipinski definition) is 1. The van der Waals surface area contributed by atoms with Crippen molar-refractivity contribution in [1.29, 1.82) is 0 Å². The van der Waals surface area contributed by atoms with Gasteiger partial charge in [0.05, 0.1) is 16.1 Å². The first-order valence-electron chi connectivity index (χ1n) is 17.1. The maximum absolute atomic E-state index is 13.9. The number of rotatable bonds is 9. The molecule has 50 heavy (non-hydrogen) atoms. The second-order valence-corrected chi connectivity index (χ2v) is 14.3. The van der Waals surface area contributed by atoms with Gasteiger partial charge in [0, 0.05) is 76.8 Å². The number of amides is 4. The van der Waals surface area contributed by atoms with Gasteiger partial charge in [0.1, 0.15) is 0 Å². The normalized spacial score (nSPS) is 20.9. The standard InChI is InChI=1S/C38H43Cl2N5O5/c1-24-15-25(2)17-28(16-24)36(47)43-13-14-44(33(23-43)27-9-10-31(39)32(40)19-27)35(46)11-12-42-21-30-20-29(42)22-45(30)37(48)34(50-38(49)41-3)18-26-7-5-4-6-8-26/h4-10,15-17,19,29-30,33-34H,11-14,18,20-23H2,1-3H3,(H,41,49)/t29-,30+,33-,34?/m0/s1. The Kier molecular flexibility index (Phi) is 11.0. The number of alkyl carbamates (subject to hydrolysis) is 1. The molecule has 4 amide bonds. The molecule has 0 aliphatic carbocycles. The van der Waals surface area contributed by atoms with Crippen LogP contribution in [-0.2, 0) is 20.7 Å². The van der Waals surface area contributed by atoms with E-state index in [0.29, 0.717) is 67.7 Å². The van der Waals surface area contributed by atoms with Gasteiger partial charge in [-0.3, -0.25) is 19.3 Å². The molecule has 0 radical (unpaired) electrons. The van der Waals surface area contributed by atoms with Crippen LogP contribution in [-0.4, -0.2) is 108 Å². The van der Waals surface area contributed by atoms with Crippen molar-refractivity contribution in [2.24, 2.45) is 0 Å². The lowest BCUT2D eigenvalue weighted by molar-refractivity contribution is -0.143. The average molecular weight is 721 g/mol. The van der Waals surface area contributed by atoms with Gasteiger partial charge in [-0.15, -0.1) is 0 Å². The quantitative estimate of drug-likeness (QED) is 0.323. The fourth-order valence-electron chi connectivity index (χ4n) is 7.61. The number of aryl methyl sites for hydroxylation is 2. The third-order valence-corrected chi connectivity index (χ3v) is 10.8. The van der Waals surface area contributed by atoms with E-state index in [1.165, 1.54) is 7.05 Å². The molecule has 0 aromatic heterocycles. The molecule has 10 nitrogen and oxygen atoms in total. The van der Waals surface area contributed by atoms with Crippen LogP contribution < -0.4 is 5.32 Å². The summed E-state index contributed by atoms with van der Waals surface area (Å²) in [5.41, 5.74) is 4.42. The Morgan fingerprint density at radius 1 is 0.860 bits per heavy atom. The number of carbonyl (C=O) groups is 4. The predicted octanol–water partition coefficient (Wildman–Crippen LogP) is 5.28. The lowest BCUT2D eigenvalue weighted by Gasteiger charge is -2.42. The summed E-state index contributed by atoms with van der Waals surface area (Å²) in [4.78, 5) is 61.2. The van der Waals surface area contributed by atoms with Crippen LogP contribution in [0.3, 0.4) is 0 Å². The molecule has 1 unspecified atom stereocenters. The van der Waals surface area contributed by atoms with E-state index >= 15 is 0 Å². The van der Waals surface area contributed by atoms with E-state index < -0.39 is 12.2 Å². The maximum Gasteiger partial charge on any atom is 0.407 e. The first-order valence-corrected chi connectivity index (χ1v) is 17.8. The third-order valence-electron chi connectivity index (χ3n) is 10.0. The molecule has 6 rings (SSSR count). The van der Waals surface area contributed by atoms with Crippen molar-refractivity contribution in [3.8, 4) is 0 Å². The molecule has 3 aliphatic rings. The number of ether oxygens (including phenoxy) is 1. The smallest absolute Gasteiger partial charge is 0.407 e. The van der Waals surface area contributed by atoms with Crippen molar-refractivity contribution in [2.45, 2.75) is 57.3 Å². The van der Waals surface area contributed by atoms with Gasteiger partial charge in [0.15, 0.2) is 6.10 Å². The zero-order chi connectivity index (χ0) is 35.5. The number of carbonyl (C=O) groups excluding carboxylic acids is 4. The van der Waals surface area contributed by atoms with Crippen LogP contribution in [0.15, 0.2) is 66.7 Å². The molecular formula is C38H43Cl2N5O5. The van der Waals surface area contributed by atoms with Crippen molar-refractivity contribution in [2.75, 3.05) is 46.3 Å². The van der Waals surface area contributed by atoms with Gasteiger partial charge in [-0.2, -0.15) is 0 Å². The Morgan fingerprint density at radius 2 is 1.60 bits per heavy atom. The van der Waals surface area contributed by atoms with Crippen LogP contribution >= 0.6 is 23.2 Å². The number of benzene rings is 3. The minimum Gasteiger partial charge on any atom is -0.436 e. The molecule has 1 N–H and O–H groups in total. The lowest BCUT2D eigenvalue weighted by atomic mass is 10.00. The molecule has 0 saturated carbocycles. The highest BCUT2D eigenvalue weighted by Gasteiger charge is 2.47. The van der Waals surface area contributed by atoms with Gasteiger partial charge >= 0.3 is 6.09 Å². The molecule has 3 aliphatic heterocycles. The Morgan fingerprint density at radius 3 is 2.26 bits per heavy atom. The topological polar surface area (TPSA) is 102 Å². The van der Waals surface area contributed by atoms with Crippen LogP contribution in [0.1, 0.15) is 51.5 Å². The first-order chi connectivity index (χ1) is 24.0. The molecule has 3 fully saturated rings. The maximum atomic E-state index is 13.9. The van der Waals surface area contributed by atoms with Crippen molar-refractivity contribution in [3.63, 3.8) is 0 Å². The predicted molar refractivity (Wildman–Crippen MR) is 192 cm³/mol. The summed E-state index contributed by atoms with van der Waals surface area (Å²) in [7, 11) is 1.47. The van der Waals surface area contributed by atoms with E-state index in [1.807, 2.05) is 83.1 Å². The number of likely N-dealkylation sites (tertiary alicyclic amines) is 2. The number of fused-ring (bicyclic) bond motifs is 2. The molecular weight excluding hydrogens is 677 g/mol. The zero-order valence-electron chi connectivity index (χ0n) is 28.6. The number of nitrogens with zero attached hydrogens (tertiary/aromatic N) is 4. The molecule has 3 aromatic carbocycles. The summed E-state index contributed by atoms with van der Waals surface area (Å²) in [5, 5.41) is 3.28. The van der Waals surface area contributed by atoms with E-state index in [-0.39, 0.29) is 35.8 Å². The van der Waals surface area contributed by atoms with Crippen molar-refractivity contribution >= 4 is 47.0 Å². The zero-order valence-corrected chi connectivity index (χ0v) is 30.1. The minimum absolute atomic E-state index is 0.00261. The highest BCUT2D eigenvalue weighted by molar-refractivity contribution is 6.42. The molecule has 4 atom stereocenters. The largest absolute Gasteiger partial charge is 0.436 e. The monoisotopic (exact) mass is 719 g/mol. The SMILES string of the molecule is CNC(=O)OC(Cc1ccccc1)C(=O)N1C[C@@H]2C[C@@H]1CN2CCC(=O)N1CCN(C(=O)c2cc(C)cc(C)c2)C[C@H]1c1ccc(Cl)c(Cl)c1. The second kappa shape index (κ2) is 15.4. The summed E-state index contributed by atoms with van der Waals surface area (Å²) in [5.74, 6) is -0.261. The van der Waals surface area contributed by atoms with Gasteiger partial charge in [0.25, 0.3) is 11.8 Å². The third kappa shape index (κ3) is 7.93. The Bertz CT molecular complexity index is 1740. The van der Waals surface area contributed by atoms with E-state index in [0.717, 1.165) is 28.7 Å². The molecule has 2 bridgehead atoms. The van der Waals surface area contributed by atoms with Gasteiger partial charge in [-0.1, -0.05) is 76.8 Å². The Hall–Kier alpha value is -4.12. The summed E-state index contributed by atoms with van der Waals surface area (Å²) >= 11 is 12.7. The fourth-order valence-corrected chi connectivity index (χ4v) is 7.91. The highest BCUT2D eigenvalue weighted by atomic mass is 35.5. The van der Waals surface area contributed by atoms with E-state index in [9.17, 15) is 19.2 Å². The summed E-state index contributed by atoms with van der Waals surface area (Å²) in [6, 6.07) is 20.5. The minimum atomic E-state index is -0.925. The van der Waals surface area contributed by atoms with Crippen LogP contribution in [0.5, 0.6) is 0 Å². The second-order valence-electron chi connectivity index (χ2n) is 13.5. The van der Waals surface area contributed by atoms with E-state index in [4.69, 9.17) is 27.9 Å². The van der Waals surface area contributed by atoms with Gasteiger partial charge in [0.2, 0.25) is 5.91 Å². The van der Waals surface area contributed by atoms with Gasteiger partial charge < -0.3 is 24.8 Å². The molecule has 12 heteroatoms. The van der Waals surface area contributed by atoms with Crippen LogP contribution in [0.25, 0.3) is 0 Å². The Balaban J connectivity index is 1.10. The first kappa shape index (κ1) is 35.7. The molecule has 3 aromatic rings. The number of piperazine rings is 2. The lowest BCUT2D eigenvalue weighted by Crippen LogP contribution is -2.54. The highest BCUT2D eigenvalue weighted by Crippen LogP contribution is 2.34. The summed E-state index contributed by atoms with van der Waals surface area (Å²) in [6.07, 6.45) is -0.161. The van der Waals surface area contributed by atoms with Crippen LogP contribution in [0.2, 0.25) is 10.0 Å². The average Bonchev–Trinajstić information content (AvgIpc) is 3.72. The summed E-state index contributed by atoms with van der Waals surface area (Å²) < 4.78 is 5.53. The summed E-state index contributed by atoms with van der Waals surface area (Å²) in [6.45, 7) is 6.83. The molecule has 3 heterocycles. The van der Waals surface area contributed by atoms with Crippen molar-refractivity contribution in [3.05, 3.63) is 105 Å². The van der Waals surface area contributed by atoms with Crippen molar-refractivity contribution in [1.82, 2.24) is 24.9 Å².